The highest BCUT2D eigenvalue weighted by molar-refractivity contribution is 6.32. The molecule has 2 aromatic rings. The average Bonchev–Trinajstić information content (AvgIpc) is 2.83. The minimum Gasteiger partial charge on any atom is -0.379 e. The molecule has 1 heterocycles. The lowest BCUT2D eigenvalue weighted by molar-refractivity contribution is -0.384. The lowest BCUT2D eigenvalue weighted by Crippen LogP contribution is -2.07. The number of hydrogen-bond donors (Lipinski definition) is 1. The van der Waals surface area contributed by atoms with Crippen molar-refractivity contribution in [2.24, 2.45) is 0 Å². The number of rotatable bonds is 5. The smallest absolute Gasteiger partial charge is 0.288 e. The summed E-state index contributed by atoms with van der Waals surface area (Å²) in [5, 5.41) is 18.1. The molecule has 1 aromatic heterocycles. The van der Waals surface area contributed by atoms with Crippen molar-refractivity contribution in [1.29, 1.82) is 0 Å². The maximum Gasteiger partial charge on any atom is 0.288 e. The number of nitro groups is 1. The van der Waals surface area contributed by atoms with E-state index in [1.807, 2.05) is 17.7 Å². The minimum atomic E-state index is -0.502. The molecule has 0 fully saturated rings. The Labute approximate surface area is 115 Å². The zero-order chi connectivity index (χ0) is 13.8. The van der Waals surface area contributed by atoms with Crippen LogP contribution in [0.25, 0.3) is 0 Å². The van der Waals surface area contributed by atoms with Crippen LogP contribution in [0.5, 0.6) is 0 Å². The summed E-state index contributed by atoms with van der Waals surface area (Å²) < 4.78 is 1.87. The van der Waals surface area contributed by atoms with E-state index < -0.39 is 4.92 Å². The van der Waals surface area contributed by atoms with Crippen LogP contribution in [0.2, 0.25) is 5.02 Å². The van der Waals surface area contributed by atoms with Gasteiger partial charge in [-0.25, -0.2) is 0 Å². The molecule has 0 aliphatic carbocycles. The number of benzene rings is 1. The van der Waals surface area contributed by atoms with Crippen LogP contribution in [0.1, 0.15) is 12.6 Å². The number of hydrogen-bond acceptors (Lipinski definition) is 4. The molecule has 0 unspecified atom stereocenters. The van der Waals surface area contributed by atoms with E-state index in [1.54, 1.807) is 18.3 Å². The maximum absolute atomic E-state index is 10.7. The number of aryl methyl sites for hydroxylation is 1. The monoisotopic (exact) mass is 280 g/mol. The van der Waals surface area contributed by atoms with Crippen LogP contribution in [-0.2, 0) is 13.1 Å². The first kappa shape index (κ1) is 13.4. The number of nitro benzene ring substituents is 1. The second-order valence-corrected chi connectivity index (χ2v) is 4.32. The van der Waals surface area contributed by atoms with Crippen LogP contribution in [0.4, 0.5) is 11.4 Å². The number of nitrogens with zero attached hydrogens (tertiary/aromatic N) is 3. The van der Waals surface area contributed by atoms with Crippen LogP contribution in [-0.4, -0.2) is 14.7 Å². The van der Waals surface area contributed by atoms with Crippen molar-refractivity contribution in [1.82, 2.24) is 9.78 Å². The second-order valence-electron chi connectivity index (χ2n) is 3.92. The summed E-state index contributed by atoms with van der Waals surface area (Å²) in [6.45, 7) is 3.40. The minimum absolute atomic E-state index is 0.0918. The van der Waals surface area contributed by atoms with E-state index in [9.17, 15) is 10.1 Å². The third-order valence-corrected chi connectivity index (χ3v) is 3.02. The quantitative estimate of drug-likeness (QED) is 0.675. The Morgan fingerprint density at radius 3 is 2.89 bits per heavy atom. The molecule has 0 bridgehead atoms. The summed E-state index contributed by atoms with van der Waals surface area (Å²) >= 11 is 5.84. The summed E-state index contributed by atoms with van der Waals surface area (Å²) in [5.41, 5.74) is 1.68. The molecule has 0 saturated carbocycles. The number of aromatic nitrogens is 2. The van der Waals surface area contributed by atoms with Gasteiger partial charge in [-0.05, 0) is 25.1 Å². The van der Waals surface area contributed by atoms with Gasteiger partial charge in [0.1, 0.15) is 5.02 Å². The van der Waals surface area contributed by atoms with Crippen LogP contribution >= 0.6 is 11.6 Å². The van der Waals surface area contributed by atoms with Crippen molar-refractivity contribution >= 4 is 23.0 Å². The Hall–Kier alpha value is -2.08. The van der Waals surface area contributed by atoms with Gasteiger partial charge in [-0.1, -0.05) is 11.6 Å². The summed E-state index contributed by atoms with van der Waals surface area (Å²) in [5.74, 6) is 0. The first-order valence-electron chi connectivity index (χ1n) is 5.80. The van der Waals surface area contributed by atoms with E-state index in [0.717, 1.165) is 17.9 Å². The fourth-order valence-electron chi connectivity index (χ4n) is 1.75. The molecule has 2 rings (SSSR count). The largest absolute Gasteiger partial charge is 0.379 e. The van der Waals surface area contributed by atoms with Gasteiger partial charge in [0, 0.05) is 24.5 Å². The van der Waals surface area contributed by atoms with E-state index in [1.165, 1.54) is 6.07 Å². The number of anilines is 1. The summed E-state index contributed by atoms with van der Waals surface area (Å²) in [4.78, 5) is 10.1. The SMILES string of the molecule is CCn1nccc1CNc1ccc([N+](=O)[O-])c(Cl)c1. The zero-order valence-corrected chi connectivity index (χ0v) is 11.1. The molecule has 6 nitrogen and oxygen atoms in total. The highest BCUT2D eigenvalue weighted by Gasteiger charge is 2.12. The average molecular weight is 281 g/mol. The topological polar surface area (TPSA) is 73.0 Å². The molecule has 0 saturated heterocycles. The Morgan fingerprint density at radius 1 is 1.47 bits per heavy atom. The molecule has 100 valence electrons. The number of nitrogens with one attached hydrogen (secondary N) is 1. The molecule has 0 aliphatic heterocycles. The van der Waals surface area contributed by atoms with E-state index in [0.29, 0.717) is 6.54 Å². The fourth-order valence-corrected chi connectivity index (χ4v) is 2.00. The van der Waals surface area contributed by atoms with Crippen molar-refractivity contribution in [3.05, 3.63) is 51.3 Å². The first-order chi connectivity index (χ1) is 9.11. The predicted octanol–water partition coefficient (Wildman–Crippen LogP) is 3.08. The standard InChI is InChI=1S/C12H13ClN4O2/c1-2-16-10(5-6-15-16)8-14-9-3-4-12(17(18)19)11(13)7-9/h3-7,14H,2,8H2,1H3. The van der Waals surface area contributed by atoms with Crippen LogP contribution in [0.3, 0.4) is 0 Å². The van der Waals surface area contributed by atoms with Gasteiger partial charge in [-0.3, -0.25) is 14.8 Å². The third-order valence-electron chi connectivity index (χ3n) is 2.72. The molecule has 0 spiro atoms. The van der Waals surface area contributed by atoms with Gasteiger partial charge in [-0.15, -0.1) is 0 Å². The van der Waals surface area contributed by atoms with Gasteiger partial charge >= 0.3 is 0 Å². The van der Waals surface area contributed by atoms with E-state index in [-0.39, 0.29) is 10.7 Å². The highest BCUT2D eigenvalue weighted by Crippen LogP contribution is 2.27. The van der Waals surface area contributed by atoms with E-state index >= 15 is 0 Å². The third kappa shape index (κ3) is 3.03. The van der Waals surface area contributed by atoms with Gasteiger partial charge in [0.25, 0.3) is 5.69 Å². The van der Waals surface area contributed by atoms with Crippen LogP contribution < -0.4 is 5.32 Å². The summed E-state index contributed by atoms with van der Waals surface area (Å²) in [7, 11) is 0. The Bertz CT molecular complexity index is 597. The molecule has 0 radical (unpaired) electrons. The maximum atomic E-state index is 10.7. The summed E-state index contributed by atoms with van der Waals surface area (Å²) in [6, 6.07) is 6.49. The first-order valence-corrected chi connectivity index (χ1v) is 6.18. The Morgan fingerprint density at radius 2 is 2.26 bits per heavy atom. The van der Waals surface area contributed by atoms with Crippen molar-refractivity contribution in [3.8, 4) is 0 Å². The van der Waals surface area contributed by atoms with Gasteiger partial charge in [0.15, 0.2) is 0 Å². The normalized spacial score (nSPS) is 10.4. The summed E-state index contributed by atoms with van der Waals surface area (Å²) in [6.07, 6.45) is 1.74. The molecule has 19 heavy (non-hydrogen) atoms. The molecule has 7 heteroatoms. The molecule has 0 amide bonds. The molecule has 1 N–H and O–H groups in total. The molecular weight excluding hydrogens is 268 g/mol. The second kappa shape index (κ2) is 5.71. The molecular formula is C12H13ClN4O2. The van der Waals surface area contributed by atoms with E-state index in [4.69, 9.17) is 11.6 Å². The van der Waals surface area contributed by atoms with E-state index in [2.05, 4.69) is 10.4 Å². The fraction of sp³-hybridized carbons (Fsp3) is 0.250. The van der Waals surface area contributed by atoms with Crippen LogP contribution in [0, 0.1) is 10.1 Å². The van der Waals surface area contributed by atoms with Crippen molar-refractivity contribution in [2.45, 2.75) is 20.0 Å². The molecule has 0 atom stereocenters. The van der Waals surface area contributed by atoms with Gasteiger partial charge < -0.3 is 5.32 Å². The highest BCUT2D eigenvalue weighted by atomic mass is 35.5. The van der Waals surface area contributed by atoms with Crippen molar-refractivity contribution < 1.29 is 4.92 Å². The van der Waals surface area contributed by atoms with Gasteiger partial charge in [0.2, 0.25) is 0 Å². The van der Waals surface area contributed by atoms with Crippen LogP contribution in [0.15, 0.2) is 30.5 Å². The zero-order valence-electron chi connectivity index (χ0n) is 10.3. The molecule has 1 aromatic carbocycles. The van der Waals surface area contributed by atoms with Crippen molar-refractivity contribution in [2.75, 3.05) is 5.32 Å². The molecule has 0 aliphatic rings. The lowest BCUT2D eigenvalue weighted by atomic mass is 10.2. The van der Waals surface area contributed by atoms with Gasteiger partial charge in [0.05, 0.1) is 17.2 Å². The predicted molar refractivity (Wildman–Crippen MR) is 73.3 cm³/mol. The van der Waals surface area contributed by atoms with Crippen molar-refractivity contribution in [3.63, 3.8) is 0 Å². The lowest BCUT2D eigenvalue weighted by Gasteiger charge is -2.08. The Balaban J connectivity index is 2.08. The Kier molecular flexibility index (Phi) is 4.01. The van der Waals surface area contributed by atoms with Gasteiger partial charge in [-0.2, -0.15) is 5.10 Å². The number of halogens is 1.